The third kappa shape index (κ3) is 2.23. The maximum absolute atomic E-state index is 4.02. The molecule has 0 bridgehead atoms. The van der Waals surface area contributed by atoms with Gasteiger partial charge in [-0.05, 0) is 45.9 Å². The van der Waals surface area contributed by atoms with Gasteiger partial charge in [0.15, 0.2) is 0 Å². The molecule has 116 valence electrons. The van der Waals surface area contributed by atoms with Crippen molar-refractivity contribution in [2.45, 2.75) is 12.8 Å². The van der Waals surface area contributed by atoms with Crippen molar-refractivity contribution < 1.29 is 0 Å². The Balaban J connectivity index is 2.02. The standard InChI is InChI=1S/C24H20/c1-3-18-15-10-16-21-22(18)17(2)23(19-11-6-4-7-12-19)24(21)20-13-8-5-9-14-20/h3-16,24H,1H2,2H3. The quantitative estimate of drug-likeness (QED) is 0.524. The fourth-order valence-corrected chi connectivity index (χ4v) is 3.93. The summed E-state index contributed by atoms with van der Waals surface area (Å²) in [5, 5.41) is 0. The zero-order valence-corrected chi connectivity index (χ0v) is 13.9. The molecular formula is C24H20. The Morgan fingerprint density at radius 1 is 0.792 bits per heavy atom. The van der Waals surface area contributed by atoms with Gasteiger partial charge in [0.2, 0.25) is 0 Å². The first-order valence-electron chi connectivity index (χ1n) is 8.38. The van der Waals surface area contributed by atoms with Gasteiger partial charge in [0.1, 0.15) is 0 Å². The summed E-state index contributed by atoms with van der Waals surface area (Å²) in [6.07, 6.45) is 1.97. The second-order valence-electron chi connectivity index (χ2n) is 6.26. The fraction of sp³-hybridized carbons (Fsp3) is 0.0833. The second-order valence-corrected chi connectivity index (χ2v) is 6.26. The molecule has 0 aliphatic heterocycles. The van der Waals surface area contributed by atoms with Crippen molar-refractivity contribution in [3.63, 3.8) is 0 Å². The summed E-state index contributed by atoms with van der Waals surface area (Å²) in [5.41, 5.74) is 9.37. The average Bonchev–Trinajstić information content (AvgIpc) is 2.96. The first-order valence-corrected chi connectivity index (χ1v) is 8.38. The van der Waals surface area contributed by atoms with Gasteiger partial charge < -0.3 is 0 Å². The SMILES string of the molecule is C=Cc1cccc2c1C(C)=C(c1ccccc1)C2c1ccccc1. The Kier molecular flexibility index (Phi) is 3.66. The maximum atomic E-state index is 4.02. The molecule has 0 saturated heterocycles. The van der Waals surface area contributed by atoms with Gasteiger partial charge in [-0.25, -0.2) is 0 Å². The van der Waals surface area contributed by atoms with Crippen molar-refractivity contribution in [2.75, 3.05) is 0 Å². The predicted octanol–water partition coefficient (Wildman–Crippen LogP) is 6.41. The third-order valence-corrected chi connectivity index (χ3v) is 4.95. The van der Waals surface area contributed by atoms with Crippen molar-refractivity contribution in [1.82, 2.24) is 0 Å². The molecule has 1 atom stereocenters. The highest BCUT2D eigenvalue weighted by atomic mass is 14.3. The van der Waals surface area contributed by atoms with E-state index in [9.17, 15) is 0 Å². The van der Waals surface area contributed by atoms with E-state index in [1.54, 1.807) is 0 Å². The Bertz CT molecular complexity index is 915. The molecule has 1 aliphatic carbocycles. The number of benzene rings is 3. The van der Waals surface area contributed by atoms with Gasteiger partial charge in [0.05, 0.1) is 0 Å². The number of rotatable bonds is 3. The van der Waals surface area contributed by atoms with Gasteiger partial charge in [-0.15, -0.1) is 0 Å². The Morgan fingerprint density at radius 3 is 2.12 bits per heavy atom. The maximum Gasteiger partial charge on any atom is 0.0355 e. The lowest BCUT2D eigenvalue weighted by molar-refractivity contribution is 1.07. The zero-order valence-electron chi connectivity index (χ0n) is 13.9. The van der Waals surface area contributed by atoms with E-state index in [2.05, 4.69) is 92.4 Å². The molecule has 0 heterocycles. The van der Waals surface area contributed by atoms with Gasteiger partial charge >= 0.3 is 0 Å². The van der Waals surface area contributed by atoms with E-state index >= 15 is 0 Å². The minimum atomic E-state index is 0.281. The van der Waals surface area contributed by atoms with Crippen molar-refractivity contribution >= 4 is 17.2 Å². The fourth-order valence-electron chi connectivity index (χ4n) is 3.93. The van der Waals surface area contributed by atoms with Gasteiger partial charge in [-0.1, -0.05) is 91.5 Å². The summed E-state index contributed by atoms with van der Waals surface area (Å²) < 4.78 is 0. The molecule has 4 rings (SSSR count). The summed E-state index contributed by atoms with van der Waals surface area (Å²) in [4.78, 5) is 0. The summed E-state index contributed by atoms with van der Waals surface area (Å²) in [6.45, 7) is 6.26. The number of hydrogen-bond donors (Lipinski definition) is 0. The summed E-state index contributed by atoms with van der Waals surface area (Å²) in [7, 11) is 0. The van der Waals surface area contributed by atoms with Crippen LogP contribution >= 0.6 is 0 Å². The number of hydrogen-bond acceptors (Lipinski definition) is 0. The normalized spacial score (nSPS) is 16.1. The molecule has 0 fully saturated rings. The Hall–Kier alpha value is -2.86. The van der Waals surface area contributed by atoms with Crippen LogP contribution in [-0.2, 0) is 0 Å². The molecule has 1 unspecified atom stereocenters. The highest BCUT2D eigenvalue weighted by Crippen LogP contribution is 2.51. The minimum absolute atomic E-state index is 0.281. The Morgan fingerprint density at radius 2 is 1.46 bits per heavy atom. The van der Waals surface area contributed by atoms with Crippen LogP contribution < -0.4 is 0 Å². The topological polar surface area (TPSA) is 0 Å². The van der Waals surface area contributed by atoms with Crippen LogP contribution in [0, 0.1) is 0 Å². The molecule has 0 heteroatoms. The summed E-state index contributed by atoms with van der Waals surface area (Å²) in [5.74, 6) is 0.281. The predicted molar refractivity (Wildman–Crippen MR) is 104 cm³/mol. The van der Waals surface area contributed by atoms with E-state index in [0.29, 0.717) is 0 Å². The second kappa shape index (κ2) is 5.98. The van der Waals surface area contributed by atoms with Crippen LogP contribution in [0.5, 0.6) is 0 Å². The van der Waals surface area contributed by atoms with Crippen molar-refractivity contribution in [1.29, 1.82) is 0 Å². The average molecular weight is 308 g/mol. The molecule has 1 aliphatic rings. The van der Waals surface area contributed by atoms with E-state index in [4.69, 9.17) is 0 Å². The molecule has 0 nitrogen and oxygen atoms in total. The summed E-state index contributed by atoms with van der Waals surface area (Å²) in [6, 6.07) is 28.1. The van der Waals surface area contributed by atoms with E-state index in [1.807, 2.05) is 6.08 Å². The largest absolute Gasteiger partial charge is 0.0984 e. The van der Waals surface area contributed by atoms with Gasteiger partial charge in [0, 0.05) is 5.92 Å². The van der Waals surface area contributed by atoms with E-state index < -0.39 is 0 Å². The third-order valence-electron chi connectivity index (χ3n) is 4.95. The smallest absolute Gasteiger partial charge is 0.0355 e. The van der Waals surface area contributed by atoms with Crippen LogP contribution in [0.1, 0.15) is 40.7 Å². The molecule has 0 amide bonds. The molecule has 0 radical (unpaired) electrons. The van der Waals surface area contributed by atoms with E-state index in [0.717, 1.165) is 0 Å². The van der Waals surface area contributed by atoms with Crippen molar-refractivity contribution in [3.05, 3.63) is 113 Å². The molecule has 0 saturated carbocycles. The minimum Gasteiger partial charge on any atom is -0.0984 e. The monoisotopic (exact) mass is 308 g/mol. The van der Waals surface area contributed by atoms with Gasteiger partial charge in [-0.3, -0.25) is 0 Å². The number of fused-ring (bicyclic) bond motifs is 1. The molecular weight excluding hydrogens is 288 g/mol. The van der Waals surface area contributed by atoms with Gasteiger partial charge in [0.25, 0.3) is 0 Å². The highest BCUT2D eigenvalue weighted by Gasteiger charge is 2.32. The lowest BCUT2D eigenvalue weighted by Gasteiger charge is -2.18. The van der Waals surface area contributed by atoms with Crippen LogP contribution in [0.15, 0.2) is 85.4 Å². The zero-order chi connectivity index (χ0) is 16.5. The van der Waals surface area contributed by atoms with Crippen LogP contribution in [0.3, 0.4) is 0 Å². The van der Waals surface area contributed by atoms with Crippen LogP contribution in [0.25, 0.3) is 17.2 Å². The van der Waals surface area contributed by atoms with Gasteiger partial charge in [-0.2, -0.15) is 0 Å². The first kappa shape index (κ1) is 14.7. The van der Waals surface area contributed by atoms with E-state index in [-0.39, 0.29) is 5.92 Å². The summed E-state index contributed by atoms with van der Waals surface area (Å²) >= 11 is 0. The molecule has 3 aromatic rings. The number of allylic oxidation sites excluding steroid dienone is 2. The van der Waals surface area contributed by atoms with Crippen molar-refractivity contribution in [2.24, 2.45) is 0 Å². The highest BCUT2D eigenvalue weighted by molar-refractivity contribution is 6.02. The van der Waals surface area contributed by atoms with Crippen LogP contribution in [0.2, 0.25) is 0 Å². The Labute approximate surface area is 143 Å². The lowest BCUT2D eigenvalue weighted by Crippen LogP contribution is -2.01. The molecule has 24 heavy (non-hydrogen) atoms. The molecule has 3 aromatic carbocycles. The van der Waals surface area contributed by atoms with Crippen molar-refractivity contribution in [3.8, 4) is 0 Å². The van der Waals surface area contributed by atoms with Crippen LogP contribution in [-0.4, -0.2) is 0 Å². The molecule has 0 spiro atoms. The van der Waals surface area contributed by atoms with Crippen LogP contribution in [0.4, 0.5) is 0 Å². The molecule has 0 aromatic heterocycles. The first-order chi connectivity index (χ1) is 11.8. The molecule has 0 N–H and O–H groups in total. The van der Waals surface area contributed by atoms with E-state index in [1.165, 1.54) is 39.0 Å². The lowest BCUT2D eigenvalue weighted by atomic mass is 9.85.